The van der Waals surface area contributed by atoms with Crippen molar-refractivity contribution < 1.29 is 19.5 Å². The summed E-state index contributed by atoms with van der Waals surface area (Å²) in [6, 6.07) is 6.33. The van der Waals surface area contributed by atoms with Gasteiger partial charge in [0.15, 0.2) is 0 Å². The van der Waals surface area contributed by atoms with Crippen LogP contribution in [0.3, 0.4) is 0 Å². The molecule has 2 unspecified atom stereocenters. The lowest BCUT2D eigenvalue weighted by Crippen LogP contribution is -2.45. The van der Waals surface area contributed by atoms with Crippen molar-refractivity contribution >= 4 is 17.9 Å². The SMILES string of the molecule is Cc1ccccc1C(CC(=O)N1CCCCC1CCC(=O)O)NC(N)=O. The summed E-state index contributed by atoms with van der Waals surface area (Å²) in [5.74, 6) is -0.932. The molecule has 1 heterocycles. The molecule has 1 aromatic rings. The molecule has 7 heteroatoms. The van der Waals surface area contributed by atoms with Crippen LogP contribution in [-0.4, -0.2) is 40.5 Å². The molecule has 142 valence electrons. The molecule has 2 rings (SSSR count). The summed E-state index contributed by atoms with van der Waals surface area (Å²) in [5.41, 5.74) is 7.14. The largest absolute Gasteiger partial charge is 0.481 e. The second kappa shape index (κ2) is 9.22. The van der Waals surface area contributed by atoms with E-state index in [0.717, 1.165) is 30.4 Å². The van der Waals surface area contributed by atoms with Crippen molar-refractivity contribution in [2.45, 2.75) is 57.5 Å². The monoisotopic (exact) mass is 361 g/mol. The average Bonchev–Trinajstić information content (AvgIpc) is 2.59. The second-order valence-corrected chi connectivity index (χ2v) is 6.79. The summed E-state index contributed by atoms with van der Waals surface area (Å²) in [5, 5.41) is 11.6. The fourth-order valence-electron chi connectivity index (χ4n) is 3.60. The van der Waals surface area contributed by atoms with Crippen LogP contribution in [-0.2, 0) is 9.59 Å². The molecule has 7 nitrogen and oxygen atoms in total. The highest BCUT2D eigenvalue weighted by Crippen LogP contribution is 2.26. The molecule has 0 aromatic heterocycles. The van der Waals surface area contributed by atoms with Crippen molar-refractivity contribution in [1.82, 2.24) is 10.2 Å². The van der Waals surface area contributed by atoms with E-state index in [1.54, 1.807) is 4.90 Å². The van der Waals surface area contributed by atoms with Gasteiger partial charge in [0.25, 0.3) is 0 Å². The number of nitrogens with two attached hydrogens (primary N) is 1. The highest BCUT2D eigenvalue weighted by atomic mass is 16.4. The molecule has 1 saturated heterocycles. The summed E-state index contributed by atoms with van der Waals surface area (Å²) in [6.45, 7) is 2.55. The lowest BCUT2D eigenvalue weighted by Gasteiger charge is -2.36. The maximum Gasteiger partial charge on any atom is 0.312 e. The van der Waals surface area contributed by atoms with Gasteiger partial charge in [-0.15, -0.1) is 0 Å². The van der Waals surface area contributed by atoms with Gasteiger partial charge < -0.3 is 21.1 Å². The summed E-state index contributed by atoms with van der Waals surface area (Å²) >= 11 is 0. The number of nitrogens with zero attached hydrogens (tertiary/aromatic N) is 1. The van der Waals surface area contributed by atoms with Crippen LogP contribution in [0, 0.1) is 6.92 Å². The molecule has 1 aliphatic rings. The zero-order valence-corrected chi connectivity index (χ0v) is 15.1. The number of rotatable bonds is 7. The predicted octanol–water partition coefficient (Wildman–Crippen LogP) is 2.34. The number of carbonyl (C=O) groups excluding carboxylic acids is 2. The number of likely N-dealkylation sites (tertiary alicyclic amines) is 1. The minimum Gasteiger partial charge on any atom is -0.481 e. The Morgan fingerprint density at radius 1 is 1.31 bits per heavy atom. The summed E-state index contributed by atoms with van der Waals surface area (Å²) in [4.78, 5) is 37.0. The Bertz CT molecular complexity index is 662. The number of hydrogen-bond acceptors (Lipinski definition) is 3. The molecule has 0 aliphatic carbocycles. The van der Waals surface area contributed by atoms with Gasteiger partial charge in [-0.05, 0) is 43.7 Å². The van der Waals surface area contributed by atoms with Crippen molar-refractivity contribution in [2.75, 3.05) is 6.54 Å². The molecule has 0 saturated carbocycles. The molecule has 1 fully saturated rings. The number of nitrogens with one attached hydrogen (secondary N) is 1. The van der Waals surface area contributed by atoms with Crippen LogP contribution in [0.5, 0.6) is 0 Å². The summed E-state index contributed by atoms with van der Waals surface area (Å²) in [7, 11) is 0. The molecule has 3 amide bonds. The van der Waals surface area contributed by atoms with Gasteiger partial charge in [0.1, 0.15) is 0 Å². The van der Waals surface area contributed by atoms with E-state index in [1.165, 1.54) is 0 Å². The van der Waals surface area contributed by atoms with Crippen LogP contribution in [0.15, 0.2) is 24.3 Å². The molecular weight excluding hydrogens is 334 g/mol. The van der Waals surface area contributed by atoms with Gasteiger partial charge in [-0.2, -0.15) is 0 Å². The maximum absolute atomic E-state index is 12.9. The highest BCUT2D eigenvalue weighted by molar-refractivity contribution is 5.79. The quantitative estimate of drug-likeness (QED) is 0.692. The Morgan fingerprint density at radius 3 is 2.69 bits per heavy atom. The van der Waals surface area contributed by atoms with E-state index >= 15 is 0 Å². The Kier molecular flexibility index (Phi) is 7.00. The molecule has 1 aliphatic heterocycles. The van der Waals surface area contributed by atoms with Crippen molar-refractivity contribution in [3.05, 3.63) is 35.4 Å². The molecule has 4 N–H and O–H groups in total. The number of hydrogen-bond donors (Lipinski definition) is 3. The fourth-order valence-corrected chi connectivity index (χ4v) is 3.60. The Hall–Kier alpha value is -2.57. The molecular formula is C19H27N3O4. The Balaban J connectivity index is 2.12. The fraction of sp³-hybridized carbons (Fsp3) is 0.526. The van der Waals surface area contributed by atoms with Gasteiger partial charge in [0, 0.05) is 19.0 Å². The number of urea groups is 1. The topological polar surface area (TPSA) is 113 Å². The van der Waals surface area contributed by atoms with Crippen LogP contribution in [0.4, 0.5) is 4.79 Å². The minimum absolute atomic E-state index is 0.0508. The Labute approximate surface area is 153 Å². The van der Waals surface area contributed by atoms with E-state index < -0.39 is 18.0 Å². The predicted molar refractivity (Wildman–Crippen MR) is 97.5 cm³/mol. The standard InChI is InChI=1S/C19H27N3O4/c1-13-6-2-3-8-15(13)16(21-19(20)26)12-17(23)22-11-5-4-7-14(22)9-10-18(24)25/h2-3,6,8,14,16H,4-5,7,9-12H2,1H3,(H,24,25)(H3,20,21,26). The van der Waals surface area contributed by atoms with Crippen molar-refractivity contribution in [3.8, 4) is 0 Å². The van der Waals surface area contributed by atoms with Gasteiger partial charge in [-0.1, -0.05) is 24.3 Å². The first-order chi connectivity index (χ1) is 12.4. The number of aryl methyl sites for hydroxylation is 1. The smallest absolute Gasteiger partial charge is 0.312 e. The first-order valence-corrected chi connectivity index (χ1v) is 9.01. The molecule has 0 bridgehead atoms. The highest BCUT2D eigenvalue weighted by Gasteiger charge is 2.29. The van der Waals surface area contributed by atoms with Gasteiger partial charge in [0.2, 0.25) is 5.91 Å². The number of amides is 3. The molecule has 1 aromatic carbocycles. The third kappa shape index (κ3) is 5.47. The first kappa shape index (κ1) is 19.8. The lowest BCUT2D eigenvalue weighted by atomic mass is 9.95. The number of carboxylic acids is 1. The molecule has 2 atom stereocenters. The lowest BCUT2D eigenvalue weighted by molar-refractivity contribution is -0.140. The number of carboxylic acid groups (broad SMARTS) is 1. The number of carbonyl (C=O) groups is 3. The zero-order chi connectivity index (χ0) is 19.1. The molecule has 0 spiro atoms. The van der Waals surface area contributed by atoms with Gasteiger partial charge in [-0.3, -0.25) is 9.59 Å². The van der Waals surface area contributed by atoms with E-state index in [0.29, 0.717) is 13.0 Å². The minimum atomic E-state index is -0.851. The van der Waals surface area contributed by atoms with Gasteiger partial charge in [-0.25, -0.2) is 4.79 Å². The zero-order valence-electron chi connectivity index (χ0n) is 15.1. The van der Waals surface area contributed by atoms with Crippen molar-refractivity contribution in [1.29, 1.82) is 0 Å². The van der Waals surface area contributed by atoms with E-state index in [2.05, 4.69) is 5.32 Å². The number of benzene rings is 1. The summed E-state index contributed by atoms with van der Waals surface area (Å²) < 4.78 is 0. The third-order valence-electron chi connectivity index (χ3n) is 4.90. The maximum atomic E-state index is 12.9. The van der Waals surface area contributed by atoms with Gasteiger partial charge >= 0.3 is 12.0 Å². The normalized spacial score (nSPS) is 18.2. The van der Waals surface area contributed by atoms with Crippen LogP contribution < -0.4 is 11.1 Å². The van der Waals surface area contributed by atoms with E-state index in [4.69, 9.17) is 10.8 Å². The van der Waals surface area contributed by atoms with E-state index in [9.17, 15) is 14.4 Å². The number of piperidine rings is 1. The third-order valence-corrected chi connectivity index (χ3v) is 4.90. The van der Waals surface area contributed by atoms with E-state index in [1.807, 2.05) is 31.2 Å². The molecule has 0 radical (unpaired) electrons. The number of primary amides is 1. The first-order valence-electron chi connectivity index (χ1n) is 9.01. The van der Waals surface area contributed by atoms with Crippen LogP contribution in [0.1, 0.15) is 55.7 Å². The number of aliphatic carboxylic acids is 1. The van der Waals surface area contributed by atoms with Crippen molar-refractivity contribution in [2.24, 2.45) is 5.73 Å². The van der Waals surface area contributed by atoms with E-state index in [-0.39, 0.29) is 24.8 Å². The van der Waals surface area contributed by atoms with Crippen LogP contribution in [0.2, 0.25) is 0 Å². The van der Waals surface area contributed by atoms with Crippen LogP contribution >= 0.6 is 0 Å². The van der Waals surface area contributed by atoms with Gasteiger partial charge in [0.05, 0.1) is 12.5 Å². The summed E-state index contributed by atoms with van der Waals surface area (Å²) in [6.07, 6.45) is 3.34. The molecule has 26 heavy (non-hydrogen) atoms. The van der Waals surface area contributed by atoms with Crippen LogP contribution in [0.25, 0.3) is 0 Å². The second-order valence-electron chi connectivity index (χ2n) is 6.79. The average molecular weight is 361 g/mol. The Morgan fingerprint density at radius 2 is 2.04 bits per heavy atom. The van der Waals surface area contributed by atoms with Crippen molar-refractivity contribution in [3.63, 3.8) is 0 Å².